The maximum atomic E-state index is 13.3. The number of halogens is 2. The van der Waals surface area contributed by atoms with Gasteiger partial charge in [0.15, 0.2) is 11.6 Å². The minimum Gasteiger partial charge on any atom is -0.365 e. The lowest BCUT2D eigenvalue weighted by molar-refractivity contribution is -0.130. The molecule has 0 aliphatic carbocycles. The average Bonchev–Trinajstić information content (AvgIpc) is 2.56. The van der Waals surface area contributed by atoms with Crippen LogP contribution in [0.15, 0.2) is 42.5 Å². The van der Waals surface area contributed by atoms with Gasteiger partial charge in [-0.1, -0.05) is 24.3 Å². The molecule has 2 aromatic rings. The van der Waals surface area contributed by atoms with E-state index in [4.69, 9.17) is 0 Å². The van der Waals surface area contributed by atoms with Gasteiger partial charge in [0.25, 0.3) is 0 Å². The molecule has 0 fully saturated rings. The summed E-state index contributed by atoms with van der Waals surface area (Å²) in [6, 6.07) is 11.7. The highest BCUT2D eigenvalue weighted by atomic mass is 19.2. The number of anilines is 1. The van der Waals surface area contributed by atoms with Crippen LogP contribution in [0.4, 0.5) is 14.5 Å². The first-order valence-corrected chi connectivity index (χ1v) is 7.55. The fraction of sp³-hybridized carbons (Fsp3) is 0.278. The van der Waals surface area contributed by atoms with Crippen LogP contribution >= 0.6 is 0 Å². The van der Waals surface area contributed by atoms with Gasteiger partial charge in [-0.05, 0) is 29.7 Å². The zero-order chi connectivity index (χ0) is 16.4. The summed E-state index contributed by atoms with van der Waals surface area (Å²) in [6.45, 7) is 1.41. The molecule has 1 heterocycles. The van der Waals surface area contributed by atoms with E-state index in [1.807, 2.05) is 18.2 Å². The molecule has 0 N–H and O–H groups in total. The van der Waals surface area contributed by atoms with Crippen molar-refractivity contribution in [1.82, 2.24) is 4.90 Å². The van der Waals surface area contributed by atoms with Gasteiger partial charge in [0, 0.05) is 31.9 Å². The molecule has 120 valence electrons. The van der Waals surface area contributed by atoms with E-state index in [0.29, 0.717) is 18.8 Å². The van der Waals surface area contributed by atoms with Crippen molar-refractivity contribution >= 4 is 11.6 Å². The van der Waals surface area contributed by atoms with Crippen molar-refractivity contribution in [2.24, 2.45) is 0 Å². The highest BCUT2D eigenvalue weighted by Gasteiger charge is 2.21. The van der Waals surface area contributed by atoms with Gasteiger partial charge < -0.3 is 9.80 Å². The van der Waals surface area contributed by atoms with Crippen molar-refractivity contribution in [2.75, 3.05) is 25.0 Å². The molecule has 1 amide bonds. The second-order valence-corrected chi connectivity index (χ2v) is 5.79. The molecular weight excluding hydrogens is 298 g/mol. The predicted octanol–water partition coefficient (Wildman–Crippen LogP) is 2.99. The molecule has 2 aromatic carbocycles. The number of benzene rings is 2. The largest absolute Gasteiger partial charge is 0.365 e. The Balaban J connectivity index is 1.66. The van der Waals surface area contributed by atoms with Crippen molar-refractivity contribution in [3.05, 3.63) is 65.2 Å². The van der Waals surface area contributed by atoms with E-state index in [-0.39, 0.29) is 12.5 Å². The molecule has 0 radical (unpaired) electrons. The lowest BCUT2D eigenvalue weighted by Crippen LogP contribution is -2.41. The average molecular weight is 316 g/mol. The summed E-state index contributed by atoms with van der Waals surface area (Å²) in [7, 11) is 1.70. The van der Waals surface area contributed by atoms with Crippen molar-refractivity contribution < 1.29 is 13.6 Å². The summed E-state index contributed by atoms with van der Waals surface area (Å²) >= 11 is 0. The number of likely N-dealkylation sites (N-methyl/N-ethyl adjacent to an activating group) is 1. The number of amides is 1. The zero-order valence-corrected chi connectivity index (χ0v) is 12.9. The molecule has 0 aromatic heterocycles. The molecule has 0 unspecified atom stereocenters. The molecule has 0 atom stereocenters. The zero-order valence-electron chi connectivity index (χ0n) is 12.9. The quantitative estimate of drug-likeness (QED) is 0.869. The minimum absolute atomic E-state index is 0.0215. The van der Waals surface area contributed by atoms with Crippen LogP contribution in [0.5, 0.6) is 0 Å². The second-order valence-electron chi connectivity index (χ2n) is 5.79. The summed E-state index contributed by atoms with van der Waals surface area (Å²) in [6.07, 6.45) is 0.844. The van der Waals surface area contributed by atoms with Crippen LogP contribution in [0.1, 0.15) is 11.1 Å². The van der Waals surface area contributed by atoms with Gasteiger partial charge in [-0.15, -0.1) is 0 Å². The summed E-state index contributed by atoms with van der Waals surface area (Å²) in [5.41, 5.74) is 2.93. The predicted molar refractivity (Wildman–Crippen MR) is 85.2 cm³/mol. The Bertz CT molecular complexity index is 733. The van der Waals surface area contributed by atoms with E-state index < -0.39 is 11.6 Å². The van der Waals surface area contributed by atoms with E-state index >= 15 is 0 Å². The van der Waals surface area contributed by atoms with Gasteiger partial charge in [0.2, 0.25) is 5.91 Å². The Morgan fingerprint density at radius 2 is 1.87 bits per heavy atom. The highest BCUT2D eigenvalue weighted by Crippen LogP contribution is 2.20. The smallest absolute Gasteiger partial charge is 0.242 e. The molecule has 0 saturated heterocycles. The molecule has 3 rings (SSSR count). The standard InChI is InChI=1S/C18H18F2N2O/c1-21(15-6-7-16(19)17(20)10-15)12-18(23)22-9-8-13-4-2-3-5-14(13)11-22/h2-7,10H,8-9,11-12H2,1H3. The summed E-state index contributed by atoms with van der Waals surface area (Å²) in [5.74, 6) is -1.82. The third-order valence-corrected chi connectivity index (χ3v) is 4.20. The van der Waals surface area contributed by atoms with E-state index in [1.165, 1.54) is 17.2 Å². The SMILES string of the molecule is CN(CC(=O)N1CCc2ccccc2C1)c1ccc(F)c(F)c1. The fourth-order valence-corrected chi connectivity index (χ4v) is 2.83. The first-order chi connectivity index (χ1) is 11.0. The summed E-state index contributed by atoms with van der Waals surface area (Å²) in [4.78, 5) is 15.9. The van der Waals surface area contributed by atoms with Gasteiger partial charge in [-0.25, -0.2) is 8.78 Å². The molecule has 23 heavy (non-hydrogen) atoms. The Hall–Kier alpha value is -2.43. The monoisotopic (exact) mass is 316 g/mol. The van der Waals surface area contributed by atoms with E-state index in [1.54, 1.807) is 16.8 Å². The molecule has 1 aliphatic heterocycles. The Labute approximate surface area is 134 Å². The van der Waals surface area contributed by atoms with Crippen LogP contribution < -0.4 is 4.90 Å². The molecule has 3 nitrogen and oxygen atoms in total. The summed E-state index contributed by atoms with van der Waals surface area (Å²) in [5, 5.41) is 0. The molecule has 0 saturated carbocycles. The number of nitrogens with zero attached hydrogens (tertiary/aromatic N) is 2. The van der Waals surface area contributed by atoms with E-state index in [2.05, 4.69) is 6.07 Å². The number of carbonyl (C=O) groups is 1. The Morgan fingerprint density at radius 1 is 1.13 bits per heavy atom. The molecule has 5 heteroatoms. The van der Waals surface area contributed by atoms with E-state index in [9.17, 15) is 13.6 Å². The molecular formula is C18H18F2N2O. The Kier molecular flexibility index (Phi) is 4.28. The number of rotatable bonds is 3. The third-order valence-electron chi connectivity index (χ3n) is 4.20. The van der Waals surface area contributed by atoms with Crippen LogP contribution in [-0.2, 0) is 17.8 Å². The first-order valence-electron chi connectivity index (χ1n) is 7.55. The van der Waals surface area contributed by atoms with Crippen LogP contribution in [0.25, 0.3) is 0 Å². The van der Waals surface area contributed by atoms with Gasteiger partial charge in [0.05, 0.1) is 6.54 Å². The van der Waals surface area contributed by atoms with Crippen molar-refractivity contribution in [1.29, 1.82) is 0 Å². The van der Waals surface area contributed by atoms with Crippen molar-refractivity contribution in [3.63, 3.8) is 0 Å². The Morgan fingerprint density at radius 3 is 2.61 bits per heavy atom. The molecule has 0 bridgehead atoms. The van der Waals surface area contributed by atoms with Gasteiger partial charge in [-0.2, -0.15) is 0 Å². The van der Waals surface area contributed by atoms with Gasteiger partial charge in [0.1, 0.15) is 0 Å². The number of hydrogen-bond donors (Lipinski definition) is 0. The third kappa shape index (κ3) is 3.33. The maximum Gasteiger partial charge on any atom is 0.242 e. The fourth-order valence-electron chi connectivity index (χ4n) is 2.83. The summed E-state index contributed by atoms with van der Waals surface area (Å²) < 4.78 is 26.3. The highest BCUT2D eigenvalue weighted by molar-refractivity contribution is 5.81. The first kappa shape index (κ1) is 15.5. The molecule has 0 spiro atoms. The van der Waals surface area contributed by atoms with Gasteiger partial charge in [-0.3, -0.25) is 4.79 Å². The minimum atomic E-state index is -0.909. The number of carbonyl (C=O) groups excluding carboxylic acids is 1. The van der Waals surface area contributed by atoms with Crippen LogP contribution in [0.3, 0.4) is 0 Å². The second kappa shape index (κ2) is 6.36. The molecule has 1 aliphatic rings. The lowest BCUT2D eigenvalue weighted by Gasteiger charge is -2.30. The van der Waals surface area contributed by atoms with Crippen molar-refractivity contribution in [2.45, 2.75) is 13.0 Å². The van der Waals surface area contributed by atoms with Gasteiger partial charge >= 0.3 is 0 Å². The lowest BCUT2D eigenvalue weighted by atomic mass is 10.00. The van der Waals surface area contributed by atoms with Crippen LogP contribution in [-0.4, -0.2) is 30.9 Å². The number of fused-ring (bicyclic) bond motifs is 1. The van der Waals surface area contributed by atoms with Crippen LogP contribution in [0.2, 0.25) is 0 Å². The van der Waals surface area contributed by atoms with Crippen molar-refractivity contribution in [3.8, 4) is 0 Å². The maximum absolute atomic E-state index is 13.3. The normalized spacial score (nSPS) is 13.6. The topological polar surface area (TPSA) is 23.6 Å². The van der Waals surface area contributed by atoms with E-state index in [0.717, 1.165) is 18.6 Å². The van der Waals surface area contributed by atoms with Crippen LogP contribution in [0, 0.1) is 11.6 Å². The number of hydrogen-bond acceptors (Lipinski definition) is 2.